The van der Waals surface area contributed by atoms with E-state index in [1.165, 1.54) is 36.8 Å². The van der Waals surface area contributed by atoms with Crippen molar-refractivity contribution in [2.75, 3.05) is 39.1 Å². The van der Waals surface area contributed by atoms with Gasteiger partial charge in [-0.05, 0) is 81.4 Å². The Kier molecular flexibility index (Phi) is 16.7. The van der Waals surface area contributed by atoms with Crippen LogP contribution in [0.25, 0.3) is 22.5 Å². The molecule has 2 aliphatic heterocycles. The van der Waals surface area contributed by atoms with Gasteiger partial charge in [0.25, 0.3) is 0 Å². The zero-order valence-corrected chi connectivity index (χ0v) is 35.2. The molecule has 0 bridgehead atoms. The topological polar surface area (TPSA) is 85.9 Å². The molecule has 0 unspecified atom stereocenters. The fraction of sp³-hybridized carbons (Fsp3) is 0.383. The minimum atomic E-state index is 0.618. The Labute approximate surface area is 332 Å². The van der Waals surface area contributed by atoms with Crippen LogP contribution in [0.2, 0.25) is 0 Å². The minimum Gasteiger partial charge on any atom is -0.402 e. The largest absolute Gasteiger partial charge is 0.402 e. The van der Waals surface area contributed by atoms with Crippen LogP contribution in [0.15, 0.2) is 115 Å². The highest BCUT2D eigenvalue weighted by Crippen LogP contribution is 2.44. The van der Waals surface area contributed by atoms with Crippen LogP contribution < -0.4 is 16.0 Å². The number of nitrogens with two attached hydrogens (primary N) is 1. The summed E-state index contributed by atoms with van der Waals surface area (Å²) in [4.78, 5) is 21.2. The quantitative estimate of drug-likeness (QED) is 0.109. The average molecular weight is 743 g/mol. The SMILES string of the molecule is C=C(C)C1CC1.C=C(NC)C(=C)C(/C=C(/C)N)=Nc1cccc2c1N(C)Cc1cc(C(=C)N(C)Cc3cc(C(=C)N4CCCC4)ccn3)ncc1-2.CC.CC. The molecule has 0 radical (unpaired) electrons. The zero-order valence-electron chi connectivity index (χ0n) is 35.2. The van der Waals surface area contributed by atoms with Gasteiger partial charge < -0.3 is 25.8 Å². The maximum absolute atomic E-state index is 6.05. The number of allylic oxidation sites excluding steroid dienone is 4. The van der Waals surface area contributed by atoms with Crippen LogP contribution in [0.4, 0.5) is 11.4 Å². The number of rotatable bonds is 12. The molecule has 4 heterocycles. The Balaban J connectivity index is 0.000000721. The molecule has 3 aromatic rings. The predicted molar refractivity (Wildman–Crippen MR) is 239 cm³/mol. The van der Waals surface area contributed by atoms with Crippen molar-refractivity contribution in [3.05, 3.63) is 133 Å². The van der Waals surface area contributed by atoms with Crippen LogP contribution in [-0.2, 0) is 13.1 Å². The van der Waals surface area contributed by atoms with Crippen molar-refractivity contribution in [3.8, 4) is 11.1 Å². The molecule has 8 nitrogen and oxygen atoms in total. The zero-order chi connectivity index (χ0) is 40.8. The second-order valence-electron chi connectivity index (χ2n) is 13.9. The summed E-state index contributed by atoms with van der Waals surface area (Å²) < 4.78 is 0. The molecular weight excluding hydrogens is 677 g/mol. The maximum Gasteiger partial charge on any atom is 0.0877 e. The Bertz CT molecular complexity index is 1900. The molecule has 1 aromatic carbocycles. The lowest BCUT2D eigenvalue weighted by molar-refractivity contribution is 0.466. The van der Waals surface area contributed by atoms with E-state index in [4.69, 9.17) is 15.7 Å². The number of nitrogens with zero attached hydrogens (tertiary/aromatic N) is 6. The summed E-state index contributed by atoms with van der Waals surface area (Å²) in [7, 11) is 5.93. The number of nitrogens with one attached hydrogen (secondary N) is 1. The first kappa shape index (κ1) is 44.0. The number of fused-ring (bicyclic) bond motifs is 3. The minimum absolute atomic E-state index is 0.618. The molecule has 2 aromatic heterocycles. The molecule has 6 rings (SSSR count). The van der Waals surface area contributed by atoms with E-state index in [1.807, 2.05) is 85.4 Å². The third-order valence-corrected chi connectivity index (χ3v) is 9.73. The molecule has 8 heteroatoms. The van der Waals surface area contributed by atoms with Gasteiger partial charge in [0.2, 0.25) is 0 Å². The highest BCUT2D eigenvalue weighted by atomic mass is 15.2. The molecule has 1 saturated carbocycles. The third-order valence-electron chi connectivity index (χ3n) is 9.73. The highest BCUT2D eigenvalue weighted by molar-refractivity contribution is 6.13. The Morgan fingerprint density at radius 2 is 1.65 bits per heavy atom. The molecule has 55 heavy (non-hydrogen) atoms. The van der Waals surface area contributed by atoms with Gasteiger partial charge in [0, 0.05) is 92.5 Å². The van der Waals surface area contributed by atoms with Crippen LogP contribution in [0, 0.1) is 5.92 Å². The molecule has 2 fully saturated rings. The molecule has 0 atom stereocenters. The number of hydrogen-bond acceptors (Lipinski definition) is 8. The van der Waals surface area contributed by atoms with Crippen LogP contribution in [-0.4, -0.2) is 59.7 Å². The standard InChI is InChI=1S/C37H44N8.C6H10.2C2H6/c1-24(38)18-35(25(2)26(3)39-6)42-34-13-11-12-32-33-21-41-36(20-30(33)22-44(8)37(32)34)28(5)43(7)23-31-19-29(14-15-40-31)27(4)45-16-9-10-17-45;1-5(2)6-3-4-6;2*1-2/h11-15,18-21,39H,2-5,9-10,16-17,22-23,38H2,1,6-8H3;6H,1,3-4H2,2H3;2*1-2H3/b24-18-,42-35?;;;. The second kappa shape index (κ2) is 20.9. The molecule has 3 aliphatic rings. The van der Waals surface area contributed by atoms with Gasteiger partial charge >= 0.3 is 0 Å². The van der Waals surface area contributed by atoms with Gasteiger partial charge in [-0.15, -0.1) is 0 Å². The van der Waals surface area contributed by atoms with Crippen molar-refractivity contribution in [2.24, 2.45) is 16.6 Å². The van der Waals surface area contributed by atoms with Gasteiger partial charge in [-0.25, -0.2) is 4.99 Å². The molecule has 1 saturated heterocycles. The first-order valence-corrected chi connectivity index (χ1v) is 19.7. The van der Waals surface area contributed by atoms with Crippen molar-refractivity contribution in [1.29, 1.82) is 0 Å². The van der Waals surface area contributed by atoms with Gasteiger partial charge in [-0.3, -0.25) is 9.97 Å². The van der Waals surface area contributed by atoms with Crippen LogP contribution in [0.3, 0.4) is 0 Å². The van der Waals surface area contributed by atoms with Crippen molar-refractivity contribution < 1.29 is 0 Å². The summed E-state index contributed by atoms with van der Waals surface area (Å²) in [6, 6.07) is 12.5. The summed E-state index contributed by atoms with van der Waals surface area (Å²) in [6.07, 6.45) is 10.9. The lowest BCUT2D eigenvalue weighted by Gasteiger charge is -2.31. The average Bonchev–Trinajstić information content (AvgIpc) is 3.92. The van der Waals surface area contributed by atoms with E-state index >= 15 is 0 Å². The Hall–Kier alpha value is -5.37. The van der Waals surface area contributed by atoms with Crippen molar-refractivity contribution in [1.82, 2.24) is 25.1 Å². The molecule has 3 N–H and O–H groups in total. The number of hydrogen-bond donors (Lipinski definition) is 2. The Morgan fingerprint density at radius 1 is 0.982 bits per heavy atom. The van der Waals surface area contributed by atoms with E-state index in [0.29, 0.717) is 35.8 Å². The van der Waals surface area contributed by atoms with Crippen LogP contribution >= 0.6 is 0 Å². The van der Waals surface area contributed by atoms with E-state index in [2.05, 4.69) is 90.1 Å². The maximum atomic E-state index is 6.05. The summed E-state index contributed by atoms with van der Waals surface area (Å²) in [6.45, 7) is 36.2. The van der Waals surface area contributed by atoms with Gasteiger partial charge in [0.05, 0.1) is 40.7 Å². The lowest BCUT2D eigenvalue weighted by Crippen LogP contribution is -2.23. The van der Waals surface area contributed by atoms with Crippen molar-refractivity contribution in [3.63, 3.8) is 0 Å². The molecular formula is C47H66N8. The first-order chi connectivity index (χ1) is 26.4. The fourth-order valence-electron chi connectivity index (χ4n) is 6.46. The number of likely N-dealkylation sites (N-methyl/N-ethyl adjacent to an activating group) is 1. The molecule has 1 aliphatic carbocycles. The second-order valence-corrected chi connectivity index (χ2v) is 13.9. The van der Waals surface area contributed by atoms with E-state index in [0.717, 1.165) is 69.9 Å². The number of benzene rings is 1. The van der Waals surface area contributed by atoms with Crippen molar-refractivity contribution in [2.45, 2.75) is 80.3 Å². The molecule has 0 amide bonds. The molecule has 0 spiro atoms. The van der Waals surface area contributed by atoms with Gasteiger partial charge in [0.15, 0.2) is 0 Å². The number of aromatic nitrogens is 2. The summed E-state index contributed by atoms with van der Waals surface area (Å²) in [5.41, 5.74) is 20.1. The van der Waals surface area contributed by atoms with E-state index in [-0.39, 0.29) is 0 Å². The Morgan fingerprint density at radius 3 is 2.24 bits per heavy atom. The lowest BCUT2D eigenvalue weighted by atomic mass is 9.93. The number of likely N-dealkylation sites (tertiary alicyclic amines) is 1. The summed E-state index contributed by atoms with van der Waals surface area (Å²) in [5, 5.41) is 3.06. The number of anilines is 1. The fourth-order valence-corrected chi connectivity index (χ4v) is 6.46. The first-order valence-electron chi connectivity index (χ1n) is 19.7. The number of pyridine rings is 2. The van der Waals surface area contributed by atoms with Crippen molar-refractivity contribution >= 4 is 28.5 Å². The predicted octanol–water partition coefficient (Wildman–Crippen LogP) is 10.5. The van der Waals surface area contributed by atoms with Crippen LogP contribution in [0.5, 0.6) is 0 Å². The molecule has 294 valence electrons. The van der Waals surface area contributed by atoms with E-state index in [1.54, 1.807) is 0 Å². The third kappa shape index (κ3) is 11.6. The number of para-hydroxylation sites is 1. The van der Waals surface area contributed by atoms with Gasteiger partial charge in [-0.1, -0.05) is 78.3 Å². The van der Waals surface area contributed by atoms with Gasteiger partial charge in [-0.2, -0.15) is 0 Å². The van der Waals surface area contributed by atoms with E-state index < -0.39 is 0 Å². The number of aliphatic imine (C=N–C) groups is 1. The van der Waals surface area contributed by atoms with Crippen LogP contribution in [0.1, 0.15) is 89.7 Å². The monoisotopic (exact) mass is 743 g/mol. The smallest absolute Gasteiger partial charge is 0.0877 e. The highest BCUT2D eigenvalue weighted by Gasteiger charge is 2.25. The summed E-state index contributed by atoms with van der Waals surface area (Å²) >= 11 is 0. The van der Waals surface area contributed by atoms with Gasteiger partial charge in [0.1, 0.15) is 0 Å². The normalized spacial score (nSPS) is 14.3. The van der Waals surface area contributed by atoms with E-state index in [9.17, 15) is 0 Å². The summed E-state index contributed by atoms with van der Waals surface area (Å²) in [5.74, 6) is 0.907.